The molecule has 1 N–H and O–H groups in total. The average Bonchev–Trinajstić information content (AvgIpc) is 2.76. The van der Waals surface area contributed by atoms with Gasteiger partial charge in [-0.05, 0) is 25.1 Å². The molecule has 1 aromatic rings. The number of ether oxygens (including phenoxy) is 2. The molecule has 0 radical (unpaired) electrons. The van der Waals surface area contributed by atoms with Crippen LogP contribution in [-0.4, -0.2) is 105 Å². The molecule has 0 bridgehead atoms. The Labute approximate surface area is 198 Å². The first-order valence-corrected chi connectivity index (χ1v) is 13.0. The number of rotatable bonds is 6. The molecule has 3 atom stereocenters. The molecule has 3 rings (SSSR count). The summed E-state index contributed by atoms with van der Waals surface area (Å²) in [6.07, 6.45) is -0.425. The summed E-state index contributed by atoms with van der Waals surface area (Å²) >= 11 is 3.39. The van der Waals surface area contributed by atoms with E-state index in [1.165, 1.54) is 10.4 Å². The minimum atomic E-state index is -3.86. The van der Waals surface area contributed by atoms with E-state index < -0.39 is 22.2 Å². The Kier molecular flexibility index (Phi) is 8.56. The van der Waals surface area contributed by atoms with E-state index in [4.69, 9.17) is 9.47 Å². The Bertz CT molecular complexity index is 909. The van der Waals surface area contributed by atoms with Crippen LogP contribution in [0.25, 0.3) is 0 Å². The van der Waals surface area contributed by atoms with Crippen LogP contribution in [0.5, 0.6) is 5.75 Å². The Hall–Kier alpha value is -1.24. The van der Waals surface area contributed by atoms with Crippen molar-refractivity contribution in [2.75, 3.05) is 59.6 Å². The highest BCUT2D eigenvalue weighted by Gasteiger charge is 2.38. The van der Waals surface area contributed by atoms with E-state index in [0.29, 0.717) is 30.8 Å². The Morgan fingerprint density at radius 2 is 2.03 bits per heavy atom. The normalized spacial score (nSPS) is 25.2. The quantitative estimate of drug-likeness (QED) is 0.582. The van der Waals surface area contributed by atoms with Crippen molar-refractivity contribution in [3.05, 3.63) is 22.7 Å². The van der Waals surface area contributed by atoms with E-state index >= 15 is 0 Å². The number of carbonyl (C=O) groups excluding carboxylic acids is 1. The van der Waals surface area contributed by atoms with Crippen LogP contribution < -0.4 is 4.74 Å². The van der Waals surface area contributed by atoms with Gasteiger partial charge in [0.1, 0.15) is 16.7 Å². The molecule has 1 fully saturated rings. The number of morpholine rings is 1. The number of nitrogens with zero attached hydrogens (tertiary/aromatic N) is 3. The topological polar surface area (TPSA) is 99.6 Å². The summed E-state index contributed by atoms with van der Waals surface area (Å²) in [5, 5.41) is 9.69. The lowest BCUT2D eigenvalue weighted by Gasteiger charge is -2.37. The van der Waals surface area contributed by atoms with Crippen molar-refractivity contribution >= 4 is 31.9 Å². The average molecular weight is 534 g/mol. The second-order valence-electron chi connectivity index (χ2n) is 8.49. The molecule has 0 unspecified atom stereocenters. The third kappa shape index (κ3) is 5.81. The fourth-order valence-corrected chi connectivity index (χ4v) is 6.03. The Morgan fingerprint density at radius 3 is 2.69 bits per heavy atom. The van der Waals surface area contributed by atoms with E-state index in [0.717, 1.165) is 13.1 Å². The highest BCUT2D eigenvalue weighted by molar-refractivity contribution is 9.10. The van der Waals surface area contributed by atoms with Gasteiger partial charge in [0.05, 0.1) is 32.9 Å². The number of likely N-dealkylation sites (N-methyl/N-ethyl adjacent to an activating group) is 1. The van der Waals surface area contributed by atoms with Gasteiger partial charge in [-0.2, -0.15) is 4.31 Å². The minimum absolute atomic E-state index is 0.0209. The summed E-state index contributed by atoms with van der Waals surface area (Å²) in [6, 6.07) is 4.21. The van der Waals surface area contributed by atoms with E-state index in [9.17, 15) is 18.3 Å². The number of benzene rings is 1. The first-order chi connectivity index (χ1) is 15.1. The van der Waals surface area contributed by atoms with Crippen LogP contribution in [0.1, 0.15) is 13.8 Å². The summed E-state index contributed by atoms with van der Waals surface area (Å²) in [6.45, 7) is 6.79. The second-order valence-corrected chi connectivity index (χ2v) is 11.3. The van der Waals surface area contributed by atoms with E-state index in [2.05, 4.69) is 20.8 Å². The van der Waals surface area contributed by atoms with Gasteiger partial charge in [-0.25, -0.2) is 8.42 Å². The van der Waals surface area contributed by atoms with Crippen molar-refractivity contribution in [3.63, 3.8) is 0 Å². The molecular formula is C21H32BrN3O6S. The van der Waals surface area contributed by atoms with Gasteiger partial charge in [-0.3, -0.25) is 9.69 Å². The molecular weight excluding hydrogens is 502 g/mol. The number of carbonyl (C=O) groups is 1. The maximum Gasteiger partial charge on any atom is 0.247 e. The lowest BCUT2D eigenvalue weighted by atomic mass is 10.0. The second kappa shape index (κ2) is 10.8. The van der Waals surface area contributed by atoms with Gasteiger partial charge in [0.25, 0.3) is 0 Å². The van der Waals surface area contributed by atoms with Crippen LogP contribution in [0, 0.1) is 5.92 Å². The zero-order valence-corrected chi connectivity index (χ0v) is 21.1. The molecule has 180 valence electrons. The molecule has 11 heteroatoms. The number of aliphatic hydroxyl groups excluding tert-OH is 1. The number of sulfonamides is 1. The number of amides is 1. The predicted molar refractivity (Wildman–Crippen MR) is 123 cm³/mol. The number of aliphatic hydroxyl groups is 1. The van der Waals surface area contributed by atoms with Crippen molar-refractivity contribution < 1.29 is 27.8 Å². The van der Waals surface area contributed by atoms with Gasteiger partial charge in [0.15, 0.2) is 0 Å². The standard InChI is InChI=1S/C21H32BrN3O6S/c1-15-11-25(16(2)14-26)32(28,29)20-5-4-17(22)10-18(20)31-19(15)12-23(3)21(27)13-24-6-8-30-9-7-24/h4-5,10,15-16,19,26H,6-9,11-14H2,1-3H3/t15-,16-,19-/m1/s1. The van der Waals surface area contributed by atoms with Crippen LogP contribution in [0.3, 0.4) is 0 Å². The monoisotopic (exact) mass is 533 g/mol. The molecule has 0 aliphatic carbocycles. The van der Waals surface area contributed by atoms with Gasteiger partial charge >= 0.3 is 0 Å². The van der Waals surface area contributed by atoms with Crippen LogP contribution >= 0.6 is 15.9 Å². The molecule has 32 heavy (non-hydrogen) atoms. The summed E-state index contributed by atoms with van der Waals surface area (Å²) in [7, 11) is -2.12. The van der Waals surface area contributed by atoms with Crippen LogP contribution in [0.4, 0.5) is 0 Å². The van der Waals surface area contributed by atoms with Crippen molar-refractivity contribution in [3.8, 4) is 5.75 Å². The molecule has 1 saturated heterocycles. The van der Waals surface area contributed by atoms with Crippen molar-refractivity contribution in [2.45, 2.75) is 30.9 Å². The summed E-state index contributed by atoms with van der Waals surface area (Å²) in [4.78, 5) is 16.6. The predicted octanol–water partition coefficient (Wildman–Crippen LogP) is 1.01. The lowest BCUT2D eigenvalue weighted by molar-refractivity contribution is -0.133. The van der Waals surface area contributed by atoms with Gasteiger partial charge in [-0.1, -0.05) is 22.9 Å². The zero-order chi connectivity index (χ0) is 23.5. The van der Waals surface area contributed by atoms with Crippen molar-refractivity contribution in [2.24, 2.45) is 5.92 Å². The van der Waals surface area contributed by atoms with Gasteiger partial charge in [-0.15, -0.1) is 0 Å². The Balaban J connectivity index is 1.84. The molecule has 1 amide bonds. The summed E-state index contributed by atoms with van der Waals surface area (Å²) in [5.74, 6) is -0.00272. The number of fused-ring (bicyclic) bond motifs is 1. The number of hydrogen-bond donors (Lipinski definition) is 1. The maximum atomic E-state index is 13.3. The highest BCUT2D eigenvalue weighted by Crippen LogP contribution is 2.35. The molecule has 2 aliphatic rings. The third-order valence-electron chi connectivity index (χ3n) is 5.97. The largest absolute Gasteiger partial charge is 0.487 e. The first kappa shape index (κ1) is 25.4. The molecule has 0 spiro atoms. The molecule has 9 nitrogen and oxygen atoms in total. The van der Waals surface area contributed by atoms with Gasteiger partial charge in [0.2, 0.25) is 15.9 Å². The molecule has 0 aromatic heterocycles. The zero-order valence-electron chi connectivity index (χ0n) is 18.7. The first-order valence-electron chi connectivity index (χ1n) is 10.8. The Morgan fingerprint density at radius 1 is 1.34 bits per heavy atom. The molecule has 1 aromatic carbocycles. The van der Waals surface area contributed by atoms with Crippen molar-refractivity contribution in [1.29, 1.82) is 0 Å². The highest BCUT2D eigenvalue weighted by atomic mass is 79.9. The SMILES string of the molecule is C[C@@H]1CN([C@H](C)CO)S(=O)(=O)c2ccc(Br)cc2O[C@@H]1CN(C)C(=O)CN1CCOCC1. The van der Waals surface area contributed by atoms with E-state index in [1.54, 1.807) is 31.0 Å². The van der Waals surface area contributed by atoms with Gasteiger partial charge < -0.3 is 19.5 Å². The van der Waals surface area contributed by atoms with Crippen molar-refractivity contribution in [1.82, 2.24) is 14.1 Å². The smallest absolute Gasteiger partial charge is 0.247 e. The number of hydrogen-bond acceptors (Lipinski definition) is 7. The maximum absolute atomic E-state index is 13.3. The summed E-state index contributed by atoms with van der Waals surface area (Å²) in [5.41, 5.74) is 0. The third-order valence-corrected chi connectivity index (χ3v) is 8.48. The van der Waals surface area contributed by atoms with E-state index in [1.807, 2.05) is 6.92 Å². The summed E-state index contributed by atoms with van der Waals surface area (Å²) < 4.78 is 40.2. The molecule has 2 heterocycles. The van der Waals surface area contributed by atoms with E-state index in [-0.39, 0.29) is 35.6 Å². The lowest BCUT2D eigenvalue weighted by Crippen LogP contribution is -2.51. The van der Waals surface area contributed by atoms with Gasteiger partial charge in [0, 0.05) is 43.1 Å². The molecule has 0 saturated carbocycles. The fourth-order valence-electron chi connectivity index (χ4n) is 3.86. The minimum Gasteiger partial charge on any atom is -0.487 e. The number of halogens is 1. The van der Waals surface area contributed by atoms with Crippen LogP contribution in [0.15, 0.2) is 27.6 Å². The fraction of sp³-hybridized carbons (Fsp3) is 0.667. The van der Waals surface area contributed by atoms with Crippen LogP contribution in [-0.2, 0) is 19.6 Å². The molecule has 2 aliphatic heterocycles. The van der Waals surface area contributed by atoms with Crippen LogP contribution in [0.2, 0.25) is 0 Å².